The van der Waals surface area contributed by atoms with Crippen LogP contribution in [0.3, 0.4) is 0 Å². The number of carbonyl (C=O) groups excluding carboxylic acids is 1. The van der Waals surface area contributed by atoms with Crippen molar-refractivity contribution in [1.82, 2.24) is 4.90 Å². The molecule has 0 unspecified atom stereocenters. The highest BCUT2D eigenvalue weighted by molar-refractivity contribution is 6.32. The van der Waals surface area contributed by atoms with E-state index in [9.17, 15) is 9.90 Å². The van der Waals surface area contributed by atoms with Crippen molar-refractivity contribution in [1.29, 1.82) is 0 Å². The van der Waals surface area contributed by atoms with Crippen LogP contribution in [0.25, 0.3) is 0 Å². The topological polar surface area (TPSA) is 52.6 Å². The maximum atomic E-state index is 11.2. The molecule has 0 saturated carbocycles. The van der Waals surface area contributed by atoms with Gasteiger partial charge in [0.05, 0.1) is 5.02 Å². The minimum absolute atomic E-state index is 0.0526. The molecule has 0 heterocycles. The van der Waals surface area contributed by atoms with Gasteiger partial charge in [-0.25, -0.2) is 4.79 Å². The summed E-state index contributed by atoms with van der Waals surface area (Å²) >= 11 is 5.61. The lowest BCUT2D eigenvalue weighted by atomic mass is 10.3. The second-order valence-electron chi connectivity index (χ2n) is 2.99. The van der Waals surface area contributed by atoms with Crippen LogP contribution in [-0.4, -0.2) is 30.1 Å². The molecule has 5 heteroatoms. The number of hydrogen-bond donors (Lipinski definition) is 2. The largest absolute Gasteiger partial charge is 0.506 e. The second-order valence-corrected chi connectivity index (χ2v) is 3.40. The summed E-state index contributed by atoms with van der Waals surface area (Å²) in [5.41, 5.74) is 0.505. The Morgan fingerprint density at radius 3 is 2.64 bits per heavy atom. The van der Waals surface area contributed by atoms with E-state index in [1.54, 1.807) is 20.2 Å². The average molecular weight is 215 g/mol. The molecule has 2 N–H and O–H groups in total. The predicted molar refractivity (Wildman–Crippen MR) is 55.8 cm³/mol. The van der Waals surface area contributed by atoms with E-state index in [0.717, 1.165) is 0 Å². The van der Waals surface area contributed by atoms with E-state index in [2.05, 4.69) is 5.32 Å². The molecule has 14 heavy (non-hydrogen) atoms. The standard InChI is InChI=1S/C9H11ClN2O2/c1-12(2)9(14)11-6-3-4-7(10)8(13)5-6/h3-5,13H,1-2H3,(H,11,14). The Morgan fingerprint density at radius 2 is 2.14 bits per heavy atom. The summed E-state index contributed by atoms with van der Waals surface area (Å²) in [6.07, 6.45) is 0. The monoisotopic (exact) mass is 214 g/mol. The Labute approximate surface area is 87.1 Å². The van der Waals surface area contributed by atoms with Gasteiger partial charge in [-0.15, -0.1) is 0 Å². The van der Waals surface area contributed by atoms with Crippen LogP contribution in [0.2, 0.25) is 5.02 Å². The molecule has 0 spiro atoms. The van der Waals surface area contributed by atoms with E-state index < -0.39 is 0 Å². The number of phenols is 1. The van der Waals surface area contributed by atoms with E-state index in [0.29, 0.717) is 5.69 Å². The number of anilines is 1. The van der Waals surface area contributed by atoms with E-state index in [1.165, 1.54) is 17.0 Å². The molecule has 0 radical (unpaired) electrons. The van der Waals surface area contributed by atoms with Crippen LogP contribution in [0.15, 0.2) is 18.2 Å². The molecule has 4 nitrogen and oxygen atoms in total. The minimum Gasteiger partial charge on any atom is -0.506 e. The minimum atomic E-state index is -0.258. The van der Waals surface area contributed by atoms with Gasteiger partial charge in [-0.3, -0.25) is 0 Å². The van der Waals surface area contributed by atoms with Crippen molar-refractivity contribution in [3.63, 3.8) is 0 Å². The van der Waals surface area contributed by atoms with Gasteiger partial charge in [-0.2, -0.15) is 0 Å². The number of rotatable bonds is 1. The Morgan fingerprint density at radius 1 is 1.50 bits per heavy atom. The van der Waals surface area contributed by atoms with Gasteiger partial charge >= 0.3 is 6.03 Å². The molecule has 1 aromatic carbocycles. The Hall–Kier alpha value is -1.42. The fourth-order valence-corrected chi connectivity index (χ4v) is 0.943. The molecule has 1 aromatic rings. The predicted octanol–water partition coefficient (Wildman–Crippen LogP) is 2.14. The summed E-state index contributed by atoms with van der Waals surface area (Å²) < 4.78 is 0. The molecule has 0 aliphatic carbocycles. The van der Waals surface area contributed by atoms with Crippen molar-refractivity contribution in [3.8, 4) is 5.75 Å². The maximum Gasteiger partial charge on any atom is 0.321 e. The van der Waals surface area contributed by atoms with Gasteiger partial charge < -0.3 is 15.3 Å². The summed E-state index contributed by atoms with van der Waals surface area (Å²) in [5.74, 6) is -0.0526. The quantitative estimate of drug-likeness (QED) is 0.753. The van der Waals surface area contributed by atoms with Gasteiger partial charge in [0.2, 0.25) is 0 Å². The molecule has 0 aliphatic heterocycles. The third-order valence-electron chi connectivity index (χ3n) is 1.60. The van der Waals surface area contributed by atoms with Crippen molar-refractivity contribution >= 4 is 23.3 Å². The fraction of sp³-hybridized carbons (Fsp3) is 0.222. The molecular formula is C9H11ClN2O2. The van der Waals surface area contributed by atoms with Crippen molar-refractivity contribution in [2.45, 2.75) is 0 Å². The van der Waals surface area contributed by atoms with Crippen molar-refractivity contribution in [2.75, 3.05) is 19.4 Å². The fourth-order valence-electron chi connectivity index (χ4n) is 0.826. The van der Waals surface area contributed by atoms with Gasteiger partial charge in [0.1, 0.15) is 5.75 Å². The number of urea groups is 1. The maximum absolute atomic E-state index is 11.2. The number of hydrogen-bond acceptors (Lipinski definition) is 2. The Bertz CT molecular complexity index is 353. The summed E-state index contributed by atoms with van der Waals surface area (Å²) in [5, 5.41) is 12.1. The number of aromatic hydroxyl groups is 1. The number of halogens is 1. The highest BCUT2D eigenvalue weighted by Crippen LogP contribution is 2.26. The smallest absolute Gasteiger partial charge is 0.321 e. The molecule has 2 amide bonds. The normalized spacial score (nSPS) is 9.64. The number of benzene rings is 1. The summed E-state index contributed by atoms with van der Waals surface area (Å²) in [6.45, 7) is 0. The number of amides is 2. The first-order valence-electron chi connectivity index (χ1n) is 3.97. The SMILES string of the molecule is CN(C)C(=O)Nc1ccc(Cl)c(O)c1. The zero-order valence-electron chi connectivity index (χ0n) is 7.91. The lowest BCUT2D eigenvalue weighted by molar-refractivity contribution is 0.230. The van der Waals surface area contributed by atoms with E-state index in [4.69, 9.17) is 11.6 Å². The first-order valence-corrected chi connectivity index (χ1v) is 4.35. The Balaban J connectivity index is 2.78. The molecular weight excluding hydrogens is 204 g/mol. The van der Waals surface area contributed by atoms with Crippen LogP contribution in [-0.2, 0) is 0 Å². The second kappa shape index (κ2) is 4.19. The van der Waals surface area contributed by atoms with E-state index in [1.807, 2.05) is 0 Å². The van der Waals surface area contributed by atoms with Crippen LogP contribution in [0, 0.1) is 0 Å². The van der Waals surface area contributed by atoms with Crippen molar-refractivity contribution in [3.05, 3.63) is 23.2 Å². The Kier molecular flexibility index (Phi) is 3.19. The first kappa shape index (κ1) is 10.7. The molecule has 0 aliphatic rings. The molecule has 1 rings (SSSR count). The lowest BCUT2D eigenvalue weighted by Gasteiger charge is -2.12. The molecule has 0 fully saturated rings. The van der Waals surface area contributed by atoms with Gasteiger partial charge in [-0.05, 0) is 12.1 Å². The molecule has 76 valence electrons. The van der Waals surface area contributed by atoms with Crippen LogP contribution in [0.4, 0.5) is 10.5 Å². The number of nitrogens with one attached hydrogen (secondary N) is 1. The van der Waals surface area contributed by atoms with E-state index in [-0.39, 0.29) is 16.8 Å². The zero-order chi connectivity index (χ0) is 10.7. The molecule has 0 atom stereocenters. The van der Waals surface area contributed by atoms with Crippen LogP contribution < -0.4 is 5.32 Å². The third-order valence-corrected chi connectivity index (χ3v) is 1.92. The van der Waals surface area contributed by atoms with Crippen LogP contribution >= 0.6 is 11.6 Å². The third kappa shape index (κ3) is 2.53. The van der Waals surface area contributed by atoms with Gasteiger partial charge in [0, 0.05) is 25.8 Å². The summed E-state index contributed by atoms with van der Waals surface area (Å²) in [6, 6.07) is 4.27. The highest BCUT2D eigenvalue weighted by atomic mass is 35.5. The van der Waals surface area contributed by atoms with Crippen LogP contribution in [0.1, 0.15) is 0 Å². The highest BCUT2D eigenvalue weighted by Gasteiger charge is 2.05. The lowest BCUT2D eigenvalue weighted by Crippen LogP contribution is -2.27. The first-order chi connectivity index (χ1) is 6.50. The number of phenolic OH excluding ortho intramolecular Hbond substituents is 1. The zero-order valence-corrected chi connectivity index (χ0v) is 8.67. The molecule has 0 bridgehead atoms. The van der Waals surface area contributed by atoms with Crippen molar-refractivity contribution in [2.24, 2.45) is 0 Å². The van der Waals surface area contributed by atoms with Crippen molar-refractivity contribution < 1.29 is 9.90 Å². The van der Waals surface area contributed by atoms with Crippen LogP contribution in [0.5, 0.6) is 5.75 Å². The van der Waals surface area contributed by atoms with Gasteiger partial charge in [-0.1, -0.05) is 11.6 Å². The summed E-state index contributed by atoms with van der Waals surface area (Å²) in [4.78, 5) is 12.6. The van der Waals surface area contributed by atoms with E-state index >= 15 is 0 Å². The summed E-state index contributed by atoms with van der Waals surface area (Å²) in [7, 11) is 3.26. The molecule has 0 saturated heterocycles. The number of nitrogens with zero attached hydrogens (tertiary/aromatic N) is 1. The average Bonchev–Trinajstić information content (AvgIpc) is 2.11. The van der Waals surface area contributed by atoms with Gasteiger partial charge in [0.25, 0.3) is 0 Å². The number of carbonyl (C=O) groups is 1. The molecule has 0 aromatic heterocycles. The van der Waals surface area contributed by atoms with Gasteiger partial charge in [0.15, 0.2) is 0 Å².